The molecule has 0 N–H and O–H groups in total. The second-order valence-electron chi connectivity index (χ2n) is 5.05. The van der Waals surface area contributed by atoms with Gasteiger partial charge in [-0.15, -0.1) is 0 Å². The average molecular weight is 333 g/mol. The van der Waals surface area contributed by atoms with E-state index in [0.29, 0.717) is 26.1 Å². The van der Waals surface area contributed by atoms with Crippen LogP contribution in [0.25, 0.3) is 11.1 Å². The van der Waals surface area contributed by atoms with Crippen LogP contribution in [0.1, 0.15) is 25.8 Å². The van der Waals surface area contributed by atoms with Gasteiger partial charge < -0.3 is 9.47 Å². The summed E-state index contributed by atoms with van der Waals surface area (Å²) in [7, 11) is 0. The topological polar surface area (TPSA) is 35.5 Å². The largest absolute Gasteiger partial charge is 0.490 e. The first-order valence-corrected chi connectivity index (χ1v) is 8.19. The van der Waals surface area contributed by atoms with Crippen molar-refractivity contribution in [2.75, 3.05) is 13.2 Å². The van der Waals surface area contributed by atoms with Gasteiger partial charge in [0, 0.05) is 12.0 Å². The van der Waals surface area contributed by atoms with Crippen LogP contribution in [0.4, 0.5) is 0 Å². The Kier molecular flexibility index (Phi) is 6.48. The molecule has 3 nitrogen and oxygen atoms in total. The van der Waals surface area contributed by atoms with E-state index in [2.05, 4.69) is 0 Å². The Hall–Kier alpha value is -2.00. The van der Waals surface area contributed by atoms with Crippen molar-refractivity contribution >= 4 is 16.8 Å². The van der Waals surface area contributed by atoms with Crippen LogP contribution in [-0.4, -0.2) is 18.5 Å². The first kappa shape index (κ1) is 17.4. The third-order valence-corrected chi connectivity index (χ3v) is 3.63. The van der Waals surface area contributed by atoms with E-state index >= 15 is 0 Å². The Bertz CT molecular complexity index is 650. The molecule has 0 bridgehead atoms. The Morgan fingerprint density at radius 3 is 2.30 bits per heavy atom. The monoisotopic (exact) mass is 332 g/mol. The van der Waals surface area contributed by atoms with Crippen molar-refractivity contribution in [2.45, 2.75) is 26.7 Å². The highest BCUT2D eigenvalue weighted by molar-refractivity contribution is 6.63. The van der Waals surface area contributed by atoms with Gasteiger partial charge in [0.15, 0.2) is 11.5 Å². The van der Waals surface area contributed by atoms with E-state index in [-0.39, 0.29) is 5.24 Å². The summed E-state index contributed by atoms with van der Waals surface area (Å²) in [6.07, 6.45) is 1.00. The quantitative estimate of drug-likeness (QED) is 0.648. The van der Waals surface area contributed by atoms with Crippen molar-refractivity contribution in [3.8, 4) is 22.6 Å². The number of para-hydroxylation sites is 1. The molecule has 0 saturated carbocycles. The van der Waals surface area contributed by atoms with E-state index in [0.717, 1.165) is 28.2 Å². The lowest BCUT2D eigenvalue weighted by molar-refractivity contribution is -0.111. The van der Waals surface area contributed by atoms with Gasteiger partial charge in [-0.05, 0) is 49.1 Å². The summed E-state index contributed by atoms with van der Waals surface area (Å²) >= 11 is 5.39. The summed E-state index contributed by atoms with van der Waals surface area (Å²) in [6, 6.07) is 14.0. The number of aryl methyl sites for hydroxylation is 1. The third-order valence-electron chi connectivity index (χ3n) is 3.44. The third kappa shape index (κ3) is 4.73. The molecule has 23 heavy (non-hydrogen) atoms. The number of hydrogen-bond donors (Lipinski definition) is 0. The van der Waals surface area contributed by atoms with E-state index in [4.69, 9.17) is 21.1 Å². The minimum absolute atomic E-state index is 0.308. The van der Waals surface area contributed by atoms with Gasteiger partial charge in [0.25, 0.3) is 0 Å². The minimum Gasteiger partial charge on any atom is -0.490 e. The Morgan fingerprint density at radius 2 is 1.70 bits per heavy atom. The molecule has 2 rings (SSSR count). The molecule has 0 unspecified atom stereocenters. The standard InChI is InChI=1S/C19H21ClO3/c1-3-22-17-7-5-6-16(19(17)23-4-2)15-11-8-14(9-12-15)10-13-18(20)21/h5-9,11-12H,3-4,10,13H2,1-2H3. The molecule has 0 aromatic heterocycles. The highest BCUT2D eigenvalue weighted by atomic mass is 35.5. The zero-order valence-electron chi connectivity index (χ0n) is 13.5. The van der Waals surface area contributed by atoms with Crippen molar-refractivity contribution in [3.63, 3.8) is 0 Å². The lowest BCUT2D eigenvalue weighted by atomic mass is 10.0. The first-order chi connectivity index (χ1) is 11.2. The highest BCUT2D eigenvalue weighted by Crippen LogP contribution is 2.38. The van der Waals surface area contributed by atoms with E-state index in [1.165, 1.54) is 0 Å². The molecule has 0 radical (unpaired) electrons. The lowest BCUT2D eigenvalue weighted by Gasteiger charge is -2.15. The summed E-state index contributed by atoms with van der Waals surface area (Å²) in [6.45, 7) is 5.08. The second-order valence-corrected chi connectivity index (χ2v) is 5.47. The normalized spacial score (nSPS) is 10.4. The number of halogens is 1. The molecular weight excluding hydrogens is 312 g/mol. The summed E-state index contributed by atoms with van der Waals surface area (Å²) in [5.41, 5.74) is 3.13. The molecule has 2 aromatic rings. The average Bonchev–Trinajstić information content (AvgIpc) is 2.55. The van der Waals surface area contributed by atoms with Gasteiger partial charge in [0.1, 0.15) is 0 Å². The van der Waals surface area contributed by atoms with Crippen LogP contribution < -0.4 is 9.47 Å². The van der Waals surface area contributed by atoms with Crippen LogP contribution in [0.15, 0.2) is 42.5 Å². The van der Waals surface area contributed by atoms with E-state index < -0.39 is 0 Å². The maximum atomic E-state index is 10.9. The van der Waals surface area contributed by atoms with Gasteiger partial charge >= 0.3 is 0 Å². The van der Waals surface area contributed by atoms with Crippen LogP contribution in [-0.2, 0) is 11.2 Å². The molecule has 0 atom stereocenters. The fraction of sp³-hybridized carbons (Fsp3) is 0.316. The summed E-state index contributed by atoms with van der Waals surface area (Å²) in [5.74, 6) is 1.52. The summed E-state index contributed by atoms with van der Waals surface area (Å²) in [5, 5.41) is -0.308. The van der Waals surface area contributed by atoms with Crippen molar-refractivity contribution in [1.29, 1.82) is 0 Å². The van der Waals surface area contributed by atoms with Gasteiger partial charge in [-0.3, -0.25) is 4.79 Å². The molecule has 0 fully saturated rings. The van der Waals surface area contributed by atoms with Crippen molar-refractivity contribution in [1.82, 2.24) is 0 Å². The lowest BCUT2D eigenvalue weighted by Crippen LogP contribution is -2.00. The summed E-state index contributed by atoms with van der Waals surface area (Å²) in [4.78, 5) is 10.9. The highest BCUT2D eigenvalue weighted by Gasteiger charge is 2.12. The van der Waals surface area contributed by atoms with Crippen molar-refractivity contribution in [3.05, 3.63) is 48.0 Å². The predicted molar refractivity (Wildman–Crippen MR) is 93.4 cm³/mol. The molecule has 4 heteroatoms. The molecule has 0 saturated heterocycles. The Labute approximate surface area is 142 Å². The number of rotatable bonds is 8. The van der Waals surface area contributed by atoms with Gasteiger partial charge in [-0.25, -0.2) is 0 Å². The SMILES string of the molecule is CCOc1cccc(-c2ccc(CCC(=O)Cl)cc2)c1OCC. The number of benzene rings is 2. The number of carbonyl (C=O) groups excluding carboxylic acids is 1. The van der Waals surface area contributed by atoms with E-state index in [1.54, 1.807) is 0 Å². The number of carbonyl (C=O) groups is 1. The second kappa shape index (κ2) is 8.59. The zero-order chi connectivity index (χ0) is 16.7. The van der Waals surface area contributed by atoms with Crippen molar-refractivity contribution in [2.24, 2.45) is 0 Å². The van der Waals surface area contributed by atoms with Crippen molar-refractivity contribution < 1.29 is 14.3 Å². The van der Waals surface area contributed by atoms with Gasteiger partial charge in [-0.1, -0.05) is 36.4 Å². The molecule has 0 heterocycles. The molecule has 0 spiro atoms. The van der Waals surface area contributed by atoms with Crippen LogP contribution in [0.3, 0.4) is 0 Å². The molecule has 122 valence electrons. The van der Waals surface area contributed by atoms with Gasteiger partial charge in [0.05, 0.1) is 13.2 Å². The number of hydrogen-bond acceptors (Lipinski definition) is 3. The van der Waals surface area contributed by atoms with Crippen LogP contribution in [0, 0.1) is 0 Å². The molecule has 0 amide bonds. The number of ether oxygens (including phenoxy) is 2. The zero-order valence-corrected chi connectivity index (χ0v) is 14.2. The van der Waals surface area contributed by atoms with Crippen LogP contribution in [0.5, 0.6) is 11.5 Å². The van der Waals surface area contributed by atoms with E-state index in [9.17, 15) is 4.79 Å². The fourth-order valence-corrected chi connectivity index (χ4v) is 2.49. The van der Waals surface area contributed by atoms with Crippen LogP contribution in [0.2, 0.25) is 0 Å². The van der Waals surface area contributed by atoms with Crippen LogP contribution >= 0.6 is 11.6 Å². The molecule has 0 aliphatic heterocycles. The van der Waals surface area contributed by atoms with E-state index in [1.807, 2.05) is 56.3 Å². The van der Waals surface area contributed by atoms with Gasteiger partial charge in [-0.2, -0.15) is 0 Å². The fourth-order valence-electron chi connectivity index (χ4n) is 2.40. The molecular formula is C19H21ClO3. The molecule has 2 aromatic carbocycles. The maximum absolute atomic E-state index is 10.9. The Balaban J connectivity index is 2.29. The molecule has 0 aliphatic rings. The summed E-state index contributed by atoms with van der Waals surface area (Å²) < 4.78 is 11.5. The predicted octanol–water partition coefficient (Wildman–Crippen LogP) is 4.85. The smallest absolute Gasteiger partial charge is 0.221 e. The maximum Gasteiger partial charge on any atom is 0.221 e. The minimum atomic E-state index is -0.308. The van der Waals surface area contributed by atoms with Gasteiger partial charge in [0.2, 0.25) is 5.24 Å². The first-order valence-electron chi connectivity index (χ1n) is 7.82. The Morgan fingerprint density at radius 1 is 1.00 bits per heavy atom. The molecule has 0 aliphatic carbocycles.